The van der Waals surface area contributed by atoms with Crippen LogP contribution in [0.4, 0.5) is 10.1 Å². The van der Waals surface area contributed by atoms with Gasteiger partial charge in [-0.25, -0.2) is 22.9 Å². The number of anilines is 1. The van der Waals surface area contributed by atoms with E-state index in [0.29, 0.717) is 35.9 Å². The molecule has 0 saturated carbocycles. The van der Waals surface area contributed by atoms with Gasteiger partial charge < -0.3 is 9.32 Å². The number of hydrogen-bond acceptors (Lipinski definition) is 5. The van der Waals surface area contributed by atoms with Gasteiger partial charge >= 0.3 is 0 Å². The van der Waals surface area contributed by atoms with Crippen molar-refractivity contribution in [3.05, 3.63) is 65.9 Å². The van der Waals surface area contributed by atoms with E-state index in [1.807, 2.05) is 0 Å². The van der Waals surface area contributed by atoms with Crippen LogP contribution >= 0.6 is 0 Å². The fraction of sp³-hybridized carbons (Fsp3) is 0.200. The van der Waals surface area contributed by atoms with Crippen molar-refractivity contribution in [2.24, 2.45) is 5.14 Å². The minimum absolute atomic E-state index is 0.0295. The van der Waals surface area contributed by atoms with E-state index in [9.17, 15) is 17.6 Å². The molecule has 0 radical (unpaired) electrons. The van der Waals surface area contributed by atoms with Gasteiger partial charge in [0.05, 0.1) is 16.7 Å². The van der Waals surface area contributed by atoms with Crippen LogP contribution in [0.3, 0.4) is 0 Å². The number of amides is 1. The summed E-state index contributed by atoms with van der Waals surface area (Å²) in [6.07, 6.45) is 2.44. The zero-order valence-electron chi connectivity index (χ0n) is 15.3. The van der Waals surface area contributed by atoms with Gasteiger partial charge in [-0.3, -0.25) is 4.79 Å². The minimum atomic E-state index is -3.85. The third-order valence-electron chi connectivity index (χ3n) is 4.83. The van der Waals surface area contributed by atoms with Gasteiger partial charge in [-0.15, -0.1) is 0 Å². The third kappa shape index (κ3) is 3.92. The van der Waals surface area contributed by atoms with Gasteiger partial charge in [0.2, 0.25) is 15.9 Å². The summed E-state index contributed by atoms with van der Waals surface area (Å²) in [4.78, 5) is 18.3. The number of aryl methyl sites for hydroxylation is 1. The number of carbonyl (C=O) groups is 1. The highest BCUT2D eigenvalue weighted by atomic mass is 32.2. The molecule has 7 nitrogen and oxygen atoms in total. The number of oxazole rings is 1. The first-order valence-corrected chi connectivity index (χ1v) is 10.5. The summed E-state index contributed by atoms with van der Waals surface area (Å²) in [5, 5.41) is 5.19. The summed E-state index contributed by atoms with van der Waals surface area (Å²) < 4.78 is 42.6. The molecule has 0 spiro atoms. The second kappa shape index (κ2) is 7.41. The third-order valence-corrected chi connectivity index (χ3v) is 5.74. The Kier molecular flexibility index (Phi) is 4.93. The zero-order valence-corrected chi connectivity index (χ0v) is 16.2. The van der Waals surface area contributed by atoms with Gasteiger partial charge in [0, 0.05) is 25.1 Å². The summed E-state index contributed by atoms with van der Waals surface area (Å²) in [6, 6.07) is 10.8. The van der Waals surface area contributed by atoms with Crippen LogP contribution in [0.5, 0.6) is 0 Å². The number of benzene rings is 2. The molecule has 1 aromatic heterocycles. The van der Waals surface area contributed by atoms with E-state index in [4.69, 9.17) is 9.56 Å². The highest BCUT2D eigenvalue weighted by Gasteiger charge is 2.26. The van der Waals surface area contributed by atoms with Crippen molar-refractivity contribution >= 4 is 21.6 Å². The first kappa shape index (κ1) is 19.3. The summed E-state index contributed by atoms with van der Waals surface area (Å²) >= 11 is 0. The van der Waals surface area contributed by atoms with Crippen LogP contribution in [-0.2, 0) is 27.7 Å². The molecule has 1 aliphatic heterocycles. The Bertz CT molecular complexity index is 1190. The van der Waals surface area contributed by atoms with E-state index in [-0.39, 0.29) is 23.6 Å². The van der Waals surface area contributed by atoms with Gasteiger partial charge in [-0.2, -0.15) is 0 Å². The van der Waals surface area contributed by atoms with E-state index < -0.39 is 15.8 Å². The predicted octanol–water partition coefficient (Wildman–Crippen LogP) is 2.65. The quantitative estimate of drug-likeness (QED) is 0.689. The van der Waals surface area contributed by atoms with Crippen molar-refractivity contribution in [3.63, 3.8) is 0 Å². The molecular weight excluding hydrogens is 397 g/mol. The number of carbonyl (C=O) groups excluding carboxylic acids is 1. The molecule has 1 amide bonds. The highest BCUT2D eigenvalue weighted by Crippen LogP contribution is 2.31. The fourth-order valence-electron chi connectivity index (χ4n) is 3.36. The fourth-order valence-corrected chi connectivity index (χ4v) is 3.89. The predicted molar refractivity (Wildman–Crippen MR) is 104 cm³/mol. The number of primary sulfonamides is 1. The van der Waals surface area contributed by atoms with Crippen LogP contribution in [-0.4, -0.2) is 25.9 Å². The molecular formula is C20H18FN3O4S. The van der Waals surface area contributed by atoms with Crippen LogP contribution in [0.15, 0.2) is 58.0 Å². The molecule has 150 valence electrons. The van der Waals surface area contributed by atoms with Gasteiger partial charge in [0.25, 0.3) is 0 Å². The van der Waals surface area contributed by atoms with Crippen molar-refractivity contribution in [1.29, 1.82) is 0 Å². The van der Waals surface area contributed by atoms with Crippen LogP contribution in [0.2, 0.25) is 0 Å². The lowest BCUT2D eigenvalue weighted by Gasteiger charge is -2.17. The Balaban J connectivity index is 1.47. The highest BCUT2D eigenvalue weighted by molar-refractivity contribution is 7.89. The van der Waals surface area contributed by atoms with Crippen molar-refractivity contribution in [2.45, 2.75) is 24.2 Å². The summed E-state index contributed by atoms with van der Waals surface area (Å²) in [7, 11) is -3.85. The van der Waals surface area contributed by atoms with E-state index in [1.54, 1.807) is 29.2 Å². The molecule has 9 heteroatoms. The summed E-state index contributed by atoms with van der Waals surface area (Å²) in [5.74, 6) is 0.0377. The summed E-state index contributed by atoms with van der Waals surface area (Å²) in [6.45, 7) is 0.467. The summed E-state index contributed by atoms with van der Waals surface area (Å²) in [5.41, 5.74) is 1.76. The molecule has 0 bridgehead atoms. The van der Waals surface area contributed by atoms with Gasteiger partial charge in [-0.05, 0) is 36.2 Å². The molecule has 0 saturated heterocycles. The first-order chi connectivity index (χ1) is 13.8. The van der Waals surface area contributed by atoms with Crippen LogP contribution in [0, 0.1) is 5.82 Å². The lowest BCUT2D eigenvalue weighted by molar-refractivity contribution is -0.118. The number of rotatable bonds is 5. The Morgan fingerprint density at radius 2 is 2.03 bits per heavy atom. The number of halogens is 1. The average molecular weight is 415 g/mol. The molecule has 0 unspecified atom stereocenters. The van der Waals surface area contributed by atoms with Crippen molar-refractivity contribution in [1.82, 2.24) is 4.98 Å². The molecule has 0 fully saturated rings. The number of sulfonamides is 1. The van der Waals surface area contributed by atoms with E-state index >= 15 is 0 Å². The second-order valence-corrected chi connectivity index (χ2v) is 8.29. The Morgan fingerprint density at radius 3 is 2.79 bits per heavy atom. The molecule has 1 aliphatic rings. The monoisotopic (exact) mass is 415 g/mol. The van der Waals surface area contributed by atoms with Crippen LogP contribution in [0.1, 0.15) is 17.9 Å². The Labute approximate surface area is 167 Å². The SMILES string of the molecule is NS(=O)(=O)c1ccc2c(c1)N(C(=O)CCc1ncc(-c3ccccc3F)o1)CC2. The molecule has 0 aliphatic carbocycles. The van der Waals surface area contributed by atoms with E-state index in [1.165, 1.54) is 24.4 Å². The second-order valence-electron chi connectivity index (χ2n) is 6.73. The van der Waals surface area contributed by atoms with Crippen LogP contribution in [0.25, 0.3) is 11.3 Å². The molecule has 3 aromatic rings. The maximum atomic E-state index is 13.9. The maximum absolute atomic E-state index is 13.9. The van der Waals surface area contributed by atoms with Crippen LogP contribution < -0.4 is 10.0 Å². The van der Waals surface area contributed by atoms with Crippen molar-refractivity contribution in [2.75, 3.05) is 11.4 Å². The van der Waals surface area contributed by atoms with Gasteiger partial charge in [0.15, 0.2) is 11.7 Å². The molecule has 0 atom stereocenters. The normalized spacial score (nSPS) is 13.5. The lowest BCUT2D eigenvalue weighted by atomic mass is 10.2. The topological polar surface area (TPSA) is 106 Å². The van der Waals surface area contributed by atoms with Gasteiger partial charge in [-0.1, -0.05) is 18.2 Å². The zero-order chi connectivity index (χ0) is 20.6. The number of fused-ring (bicyclic) bond motifs is 1. The molecule has 2 aromatic carbocycles. The average Bonchev–Trinajstić information content (AvgIpc) is 3.32. The number of aromatic nitrogens is 1. The van der Waals surface area contributed by atoms with Crippen molar-refractivity contribution in [3.8, 4) is 11.3 Å². The van der Waals surface area contributed by atoms with E-state index in [2.05, 4.69) is 4.98 Å². The molecule has 2 N–H and O–H groups in total. The maximum Gasteiger partial charge on any atom is 0.238 e. The molecule has 29 heavy (non-hydrogen) atoms. The van der Waals surface area contributed by atoms with Crippen molar-refractivity contribution < 1.29 is 22.0 Å². The standard InChI is InChI=1S/C20H18FN3O4S/c21-16-4-2-1-3-15(16)18-12-23-19(28-18)7-8-20(25)24-10-9-13-5-6-14(11-17(13)24)29(22,26)27/h1-6,11-12H,7-10H2,(H2,22,26,27). The van der Waals surface area contributed by atoms with E-state index in [0.717, 1.165) is 5.56 Å². The Morgan fingerprint density at radius 1 is 1.24 bits per heavy atom. The molecule has 4 rings (SSSR count). The number of nitrogens with two attached hydrogens (primary N) is 1. The largest absolute Gasteiger partial charge is 0.441 e. The lowest BCUT2D eigenvalue weighted by Crippen LogP contribution is -2.29. The molecule has 2 heterocycles. The van der Waals surface area contributed by atoms with Gasteiger partial charge in [0.1, 0.15) is 5.82 Å². The smallest absolute Gasteiger partial charge is 0.238 e. The minimum Gasteiger partial charge on any atom is -0.441 e. The Hall–Kier alpha value is -3.04. The first-order valence-electron chi connectivity index (χ1n) is 8.98. The number of nitrogens with zero attached hydrogens (tertiary/aromatic N) is 2. The number of hydrogen-bond donors (Lipinski definition) is 1.